The van der Waals surface area contributed by atoms with Crippen LogP contribution < -0.4 is 0 Å². The van der Waals surface area contributed by atoms with Crippen LogP contribution in [0.4, 0.5) is 0 Å². The molecule has 1 amide bonds. The fraction of sp³-hybridized carbons (Fsp3) is 0.389. The van der Waals surface area contributed by atoms with E-state index in [2.05, 4.69) is 14.5 Å². The van der Waals surface area contributed by atoms with Crippen molar-refractivity contribution in [1.29, 1.82) is 0 Å². The zero-order valence-corrected chi connectivity index (χ0v) is 13.8. The molecule has 24 heavy (non-hydrogen) atoms. The van der Waals surface area contributed by atoms with Gasteiger partial charge in [0, 0.05) is 37.9 Å². The topological polar surface area (TPSA) is 55.4 Å². The molecule has 0 bridgehead atoms. The minimum atomic E-state index is 0.154. The summed E-state index contributed by atoms with van der Waals surface area (Å²) in [5, 5.41) is 0. The third-order valence-corrected chi connectivity index (χ3v) is 4.75. The lowest BCUT2D eigenvalue weighted by atomic mass is 10.0. The highest BCUT2D eigenvalue weighted by Gasteiger charge is 2.25. The molecule has 0 saturated carbocycles. The summed E-state index contributed by atoms with van der Waals surface area (Å²) < 4.78 is 4.14. The molecule has 124 valence electrons. The Morgan fingerprint density at radius 1 is 1.33 bits per heavy atom. The van der Waals surface area contributed by atoms with Crippen molar-refractivity contribution in [3.63, 3.8) is 0 Å². The summed E-state index contributed by atoms with van der Waals surface area (Å²) in [6, 6.07) is 6.19. The molecular formula is C18H21N5O. The normalized spacial score (nSPS) is 18.2. The predicted molar refractivity (Wildman–Crippen MR) is 90.7 cm³/mol. The average molecular weight is 323 g/mol. The van der Waals surface area contributed by atoms with Gasteiger partial charge in [-0.05, 0) is 31.9 Å². The smallest absolute Gasteiger partial charge is 0.228 e. The fourth-order valence-electron chi connectivity index (χ4n) is 3.52. The highest BCUT2D eigenvalue weighted by Crippen LogP contribution is 2.23. The van der Waals surface area contributed by atoms with Gasteiger partial charge in [-0.2, -0.15) is 0 Å². The molecular weight excluding hydrogens is 302 g/mol. The van der Waals surface area contributed by atoms with E-state index >= 15 is 0 Å². The molecule has 4 rings (SSSR count). The van der Waals surface area contributed by atoms with E-state index in [0.717, 1.165) is 43.1 Å². The van der Waals surface area contributed by atoms with Crippen molar-refractivity contribution in [3.05, 3.63) is 54.5 Å². The van der Waals surface area contributed by atoms with Crippen molar-refractivity contribution >= 4 is 11.6 Å². The molecule has 0 N–H and O–H groups in total. The second-order valence-corrected chi connectivity index (χ2v) is 6.39. The van der Waals surface area contributed by atoms with Crippen molar-refractivity contribution in [2.24, 2.45) is 0 Å². The van der Waals surface area contributed by atoms with Crippen LogP contribution in [-0.4, -0.2) is 42.8 Å². The molecule has 1 atom stereocenters. The third kappa shape index (κ3) is 2.79. The number of nitrogens with zero attached hydrogens (tertiary/aromatic N) is 5. The number of hydrogen-bond acceptors (Lipinski definition) is 3. The number of piperidine rings is 1. The average Bonchev–Trinajstić information content (AvgIpc) is 3.20. The van der Waals surface area contributed by atoms with E-state index in [1.807, 2.05) is 59.2 Å². The number of fused-ring (bicyclic) bond motifs is 1. The second-order valence-electron chi connectivity index (χ2n) is 6.39. The number of aromatic nitrogens is 4. The fourth-order valence-corrected chi connectivity index (χ4v) is 3.52. The zero-order chi connectivity index (χ0) is 16.5. The highest BCUT2D eigenvalue weighted by atomic mass is 16.2. The molecule has 3 aromatic rings. The Hall–Kier alpha value is -2.63. The number of likely N-dealkylation sites (tertiary alicyclic amines) is 1. The molecule has 1 saturated heterocycles. The van der Waals surface area contributed by atoms with Gasteiger partial charge in [-0.3, -0.25) is 4.79 Å². The van der Waals surface area contributed by atoms with Gasteiger partial charge in [0.15, 0.2) is 0 Å². The number of amides is 1. The molecule has 1 aliphatic rings. The van der Waals surface area contributed by atoms with Crippen LogP contribution in [-0.2, 0) is 11.2 Å². The summed E-state index contributed by atoms with van der Waals surface area (Å²) in [7, 11) is 0. The van der Waals surface area contributed by atoms with Crippen LogP contribution in [0.1, 0.15) is 30.4 Å². The van der Waals surface area contributed by atoms with Crippen LogP contribution in [0.3, 0.4) is 0 Å². The van der Waals surface area contributed by atoms with Crippen LogP contribution in [0.5, 0.6) is 0 Å². The number of imidazole rings is 2. The Morgan fingerprint density at radius 3 is 3.04 bits per heavy atom. The quantitative estimate of drug-likeness (QED) is 0.743. The maximum Gasteiger partial charge on any atom is 0.228 e. The van der Waals surface area contributed by atoms with E-state index < -0.39 is 0 Å². The zero-order valence-electron chi connectivity index (χ0n) is 13.8. The van der Waals surface area contributed by atoms with Gasteiger partial charge in [0.2, 0.25) is 5.91 Å². The van der Waals surface area contributed by atoms with Crippen LogP contribution in [0, 0.1) is 6.92 Å². The molecule has 3 aromatic heterocycles. The number of pyridine rings is 1. The molecule has 0 aliphatic carbocycles. The SMILES string of the molecule is Cc1nccn1[C@@H]1CCCN(C(=O)Cc2cn3ccccc3n2)C1. The maximum absolute atomic E-state index is 12.7. The Kier molecular flexibility index (Phi) is 3.80. The summed E-state index contributed by atoms with van der Waals surface area (Å²) in [5.41, 5.74) is 1.71. The number of rotatable bonds is 3. The van der Waals surface area contributed by atoms with Crippen molar-refractivity contribution in [2.45, 2.75) is 32.2 Å². The summed E-state index contributed by atoms with van der Waals surface area (Å²) >= 11 is 0. The van der Waals surface area contributed by atoms with E-state index in [9.17, 15) is 4.79 Å². The van der Waals surface area contributed by atoms with Gasteiger partial charge in [-0.25, -0.2) is 9.97 Å². The van der Waals surface area contributed by atoms with Crippen molar-refractivity contribution < 1.29 is 4.79 Å². The predicted octanol–water partition coefficient (Wildman–Crippen LogP) is 2.25. The summed E-state index contributed by atoms with van der Waals surface area (Å²) in [5.74, 6) is 1.16. The minimum Gasteiger partial charge on any atom is -0.340 e. The molecule has 0 radical (unpaired) electrons. The van der Waals surface area contributed by atoms with Crippen LogP contribution in [0.15, 0.2) is 43.0 Å². The lowest BCUT2D eigenvalue weighted by Crippen LogP contribution is -2.41. The first-order valence-electron chi connectivity index (χ1n) is 8.40. The molecule has 6 heteroatoms. The van der Waals surface area contributed by atoms with Gasteiger partial charge >= 0.3 is 0 Å². The Morgan fingerprint density at radius 2 is 2.25 bits per heavy atom. The number of hydrogen-bond donors (Lipinski definition) is 0. The summed E-state index contributed by atoms with van der Waals surface area (Å²) in [4.78, 5) is 23.5. The number of carbonyl (C=O) groups excluding carboxylic acids is 1. The first-order valence-corrected chi connectivity index (χ1v) is 8.40. The highest BCUT2D eigenvalue weighted by molar-refractivity contribution is 5.78. The minimum absolute atomic E-state index is 0.154. The Bertz CT molecular complexity index is 832. The van der Waals surface area contributed by atoms with Gasteiger partial charge in [0.05, 0.1) is 18.2 Å². The number of carbonyl (C=O) groups is 1. The number of aryl methyl sites for hydroxylation is 1. The molecule has 0 spiro atoms. The molecule has 1 aliphatic heterocycles. The lowest BCUT2D eigenvalue weighted by molar-refractivity contribution is -0.132. The first kappa shape index (κ1) is 14.9. The standard InChI is InChI=1S/C18H21N5O/c1-14-19-7-10-23(14)16-5-4-9-22(13-16)18(24)11-15-12-21-8-3-2-6-17(21)20-15/h2-3,6-8,10,12,16H,4-5,9,11,13H2,1H3/t16-/m1/s1. The van der Waals surface area contributed by atoms with E-state index in [-0.39, 0.29) is 5.91 Å². The van der Waals surface area contributed by atoms with E-state index in [4.69, 9.17) is 0 Å². The monoisotopic (exact) mass is 323 g/mol. The first-order chi connectivity index (χ1) is 11.7. The Labute approximate surface area is 140 Å². The third-order valence-electron chi connectivity index (χ3n) is 4.75. The van der Waals surface area contributed by atoms with Gasteiger partial charge < -0.3 is 13.9 Å². The molecule has 6 nitrogen and oxygen atoms in total. The van der Waals surface area contributed by atoms with E-state index in [1.54, 1.807) is 0 Å². The van der Waals surface area contributed by atoms with Gasteiger partial charge in [-0.15, -0.1) is 0 Å². The molecule has 1 fully saturated rings. The summed E-state index contributed by atoms with van der Waals surface area (Å²) in [6.45, 7) is 3.59. The van der Waals surface area contributed by atoms with Crippen molar-refractivity contribution in [3.8, 4) is 0 Å². The van der Waals surface area contributed by atoms with E-state index in [0.29, 0.717) is 12.5 Å². The largest absolute Gasteiger partial charge is 0.340 e. The van der Waals surface area contributed by atoms with E-state index in [1.165, 1.54) is 0 Å². The molecule has 0 unspecified atom stereocenters. The van der Waals surface area contributed by atoms with Crippen molar-refractivity contribution in [1.82, 2.24) is 23.8 Å². The van der Waals surface area contributed by atoms with Crippen LogP contribution in [0.25, 0.3) is 5.65 Å². The molecule has 0 aromatic carbocycles. The lowest BCUT2D eigenvalue weighted by Gasteiger charge is -2.34. The van der Waals surface area contributed by atoms with Gasteiger partial charge in [0.25, 0.3) is 0 Å². The summed E-state index contributed by atoms with van der Waals surface area (Å²) in [6.07, 6.45) is 10.2. The van der Waals surface area contributed by atoms with Gasteiger partial charge in [0.1, 0.15) is 11.5 Å². The molecule has 4 heterocycles. The van der Waals surface area contributed by atoms with Gasteiger partial charge in [-0.1, -0.05) is 6.07 Å². The Balaban J connectivity index is 1.46. The van der Waals surface area contributed by atoms with Crippen molar-refractivity contribution in [2.75, 3.05) is 13.1 Å². The second kappa shape index (κ2) is 6.11. The van der Waals surface area contributed by atoms with Crippen LogP contribution in [0.2, 0.25) is 0 Å². The van der Waals surface area contributed by atoms with Crippen LogP contribution >= 0.6 is 0 Å². The maximum atomic E-state index is 12.7.